The average Bonchev–Trinajstić information content (AvgIpc) is 2.35. The molecule has 0 saturated carbocycles. The molecule has 0 fully saturated rings. The summed E-state index contributed by atoms with van der Waals surface area (Å²) >= 11 is 0. The molecule has 0 spiro atoms. The summed E-state index contributed by atoms with van der Waals surface area (Å²) in [5.41, 5.74) is 2.44. The number of anilines is 1. The fraction of sp³-hybridized carbons (Fsp3) is 0.364. The van der Waals surface area contributed by atoms with E-state index in [2.05, 4.69) is 5.43 Å². The highest BCUT2D eigenvalue weighted by Crippen LogP contribution is 2.25. The second-order valence-electron chi connectivity index (χ2n) is 4.14. The standard InChI is InChI=1S/C11H16N4O3/c1-7(2)14(3)11(16)8-4-5-9(13-12)10(6-8)15(17)18/h4-7,13H,12H2,1-3H3. The highest BCUT2D eigenvalue weighted by atomic mass is 16.6. The van der Waals surface area contributed by atoms with Crippen LogP contribution in [0.2, 0.25) is 0 Å². The number of carbonyl (C=O) groups excluding carboxylic acids is 1. The Hall–Kier alpha value is -2.15. The maximum atomic E-state index is 12.0. The van der Waals surface area contributed by atoms with Gasteiger partial charge < -0.3 is 10.3 Å². The van der Waals surface area contributed by atoms with Crippen LogP contribution >= 0.6 is 0 Å². The van der Waals surface area contributed by atoms with Crippen LogP contribution in [0.15, 0.2) is 18.2 Å². The van der Waals surface area contributed by atoms with Gasteiger partial charge in [-0.25, -0.2) is 0 Å². The summed E-state index contributed by atoms with van der Waals surface area (Å²) in [7, 11) is 1.65. The van der Waals surface area contributed by atoms with Gasteiger partial charge in [-0.1, -0.05) is 0 Å². The first-order valence-corrected chi connectivity index (χ1v) is 5.40. The van der Waals surface area contributed by atoms with Crippen molar-refractivity contribution >= 4 is 17.3 Å². The number of benzene rings is 1. The molecular weight excluding hydrogens is 236 g/mol. The maximum Gasteiger partial charge on any atom is 0.294 e. The summed E-state index contributed by atoms with van der Waals surface area (Å²) in [6.45, 7) is 3.73. The van der Waals surface area contributed by atoms with Crippen LogP contribution in [0.5, 0.6) is 0 Å². The molecule has 0 aromatic heterocycles. The van der Waals surface area contributed by atoms with E-state index in [9.17, 15) is 14.9 Å². The van der Waals surface area contributed by atoms with Gasteiger partial charge in [-0.05, 0) is 26.0 Å². The molecule has 0 aliphatic heterocycles. The number of nitrogen functional groups attached to an aromatic ring is 1. The molecule has 7 nitrogen and oxygen atoms in total. The Labute approximate surface area is 105 Å². The van der Waals surface area contributed by atoms with Crippen molar-refractivity contribution in [3.05, 3.63) is 33.9 Å². The Morgan fingerprint density at radius 3 is 2.56 bits per heavy atom. The normalized spacial score (nSPS) is 10.3. The summed E-state index contributed by atoms with van der Waals surface area (Å²) in [6, 6.07) is 4.16. The Morgan fingerprint density at radius 2 is 2.11 bits per heavy atom. The van der Waals surface area contributed by atoms with Crippen molar-refractivity contribution in [3.63, 3.8) is 0 Å². The van der Waals surface area contributed by atoms with Gasteiger partial charge in [0.15, 0.2) is 0 Å². The van der Waals surface area contributed by atoms with Gasteiger partial charge in [-0.15, -0.1) is 0 Å². The number of hydrazine groups is 1. The molecule has 98 valence electrons. The van der Waals surface area contributed by atoms with Crippen LogP contribution in [-0.2, 0) is 0 Å². The topological polar surface area (TPSA) is 102 Å². The molecule has 1 amide bonds. The molecule has 0 bridgehead atoms. The van der Waals surface area contributed by atoms with E-state index in [1.165, 1.54) is 23.1 Å². The second kappa shape index (κ2) is 5.46. The zero-order valence-electron chi connectivity index (χ0n) is 10.5. The van der Waals surface area contributed by atoms with Crippen molar-refractivity contribution in [1.29, 1.82) is 0 Å². The second-order valence-corrected chi connectivity index (χ2v) is 4.14. The number of nitrogens with two attached hydrogens (primary N) is 1. The van der Waals surface area contributed by atoms with Gasteiger partial charge >= 0.3 is 0 Å². The van der Waals surface area contributed by atoms with E-state index in [0.29, 0.717) is 0 Å². The average molecular weight is 252 g/mol. The monoisotopic (exact) mass is 252 g/mol. The molecule has 3 N–H and O–H groups in total. The SMILES string of the molecule is CC(C)N(C)C(=O)c1ccc(NN)c([N+](=O)[O-])c1. The quantitative estimate of drug-likeness (QED) is 0.478. The number of nitrogens with zero attached hydrogens (tertiary/aromatic N) is 2. The van der Waals surface area contributed by atoms with Crippen LogP contribution in [0.3, 0.4) is 0 Å². The molecule has 0 unspecified atom stereocenters. The van der Waals surface area contributed by atoms with Crippen molar-refractivity contribution in [3.8, 4) is 0 Å². The van der Waals surface area contributed by atoms with E-state index in [1.54, 1.807) is 7.05 Å². The third-order valence-corrected chi connectivity index (χ3v) is 2.69. The number of nitro groups is 1. The maximum absolute atomic E-state index is 12.0. The number of rotatable bonds is 4. The summed E-state index contributed by atoms with van der Waals surface area (Å²) in [6.07, 6.45) is 0. The molecule has 18 heavy (non-hydrogen) atoms. The summed E-state index contributed by atoms with van der Waals surface area (Å²) < 4.78 is 0. The van der Waals surface area contributed by atoms with E-state index >= 15 is 0 Å². The van der Waals surface area contributed by atoms with Crippen molar-refractivity contribution in [1.82, 2.24) is 4.90 Å². The third kappa shape index (κ3) is 2.75. The molecule has 7 heteroatoms. The predicted octanol–water partition coefficient (Wildman–Crippen LogP) is 1.36. The van der Waals surface area contributed by atoms with Gasteiger partial charge in [0.2, 0.25) is 0 Å². The molecular formula is C11H16N4O3. The van der Waals surface area contributed by atoms with Gasteiger partial charge in [0, 0.05) is 24.7 Å². The zero-order valence-corrected chi connectivity index (χ0v) is 10.5. The van der Waals surface area contributed by atoms with Crippen molar-refractivity contribution in [2.45, 2.75) is 19.9 Å². The number of hydrogen-bond acceptors (Lipinski definition) is 5. The molecule has 0 aliphatic rings. The lowest BCUT2D eigenvalue weighted by molar-refractivity contribution is -0.384. The fourth-order valence-corrected chi connectivity index (χ4v) is 1.38. The Balaban J connectivity index is 3.16. The van der Waals surface area contributed by atoms with Crippen LogP contribution in [0.1, 0.15) is 24.2 Å². The van der Waals surface area contributed by atoms with E-state index in [4.69, 9.17) is 5.84 Å². The van der Waals surface area contributed by atoms with Crippen molar-refractivity contribution in [2.75, 3.05) is 12.5 Å². The highest BCUT2D eigenvalue weighted by molar-refractivity contribution is 5.95. The minimum Gasteiger partial charge on any atom is -0.339 e. The lowest BCUT2D eigenvalue weighted by Gasteiger charge is -2.21. The molecule has 0 radical (unpaired) electrons. The van der Waals surface area contributed by atoms with Gasteiger partial charge in [-0.2, -0.15) is 0 Å². The van der Waals surface area contributed by atoms with E-state index in [0.717, 1.165) is 0 Å². The van der Waals surface area contributed by atoms with Crippen LogP contribution in [0, 0.1) is 10.1 Å². The smallest absolute Gasteiger partial charge is 0.294 e. The van der Waals surface area contributed by atoms with Crippen LogP contribution in [0.4, 0.5) is 11.4 Å². The highest BCUT2D eigenvalue weighted by Gasteiger charge is 2.20. The van der Waals surface area contributed by atoms with Crippen molar-refractivity contribution < 1.29 is 9.72 Å². The summed E-state index contributed by atoms with van der Waals surface area (Å²) in [5.74, 6) is 4.91. The predicted molar refractivity (Wildman–Crippen MR) is 68.1 cm³/mol. The molecule has 1 rings (SSSR count). The largest absolute Gasteiger partial charge is 0.339 e. The molecule has 0 atom stereocenters. The van der Waals surface area contributed by atoms with Crippen molar-refractivity contribution in [2.24, 2.45) is 5.84 Å². The molecule has 0 heterocycles. The minimum absolute atomic E-state index is 0.0175. The van der Waals surface area contributed by atoms with Crippen LogP contribution in [-0.4, -0.2) is 28.8 Å². The molecule has 1 aromatic carbocycles. The number of nitrogens with one attached hydrogen (secondary N) is 1. The molecule has 0 aliphatic carbocycles. The van der Waals surface area contributed by atoms with Gasteiger partial charge in [-0.3, -0.25) is 20.8 Å². The third-order valence-electron chi connectivity index (χ3n) is 2.69. The van der Waals surface area contributed by atoms with Crippen LogP contribution in [0.25, 0.3) is 0 Å². The van der Waals surface area contributed by atoms with Gasteiger partial charge in [0.25, 0.3) is 11.6 Å². The minimum atomic E-state index is -0.582. The lowest BCUT2D eigenvalue weighted by atomic mass is 10.1. The first-order chi connectivity index (χ1) is 8.38. The fourth-order valence-electron chi connectivity index (χ4n) is 1.38. The Morgan fingerprint density at radius 1 is 1.50 bits per heavy atom. The summed E-state index contributed by atoms with van der Waals surface area (Å²) in [4.78, 5) is 23.8. The molecule has 1 aromatic rings. The number of hydrogen-bond donors (Lipinski definition) is 2. The molecule has 0 saturated heterocycles. The number of carbonyl (C=O) groups is 1. The van der Waals surface area contributed by atoms with E-state index in [-0.39, 0.29) is 28.9 Å². The van der Waals surface area contributed by atoms with E-state index < -0.39 is 4.92 Å². The summed E-state index contributed by atoms with van der Waals surface area (Å²) in [5, 5.41) is 10.8. The number of nitro benzene ring substituents is 1. The number of amides is 1. The first kappa shape index (κ1) is 13.9. The zero-order chi connectivity index (χ0) is 13.9. The first-order valence-electron chi connectivity index (χ1n) is 5.40. The van der Waals surface area contributed by atoms with Gasteiger partial charge in [0.1, 0.15) is 5.69 Å². The van der Waals surface area contributed by atoms with Gasteiger partial charge in [0.05, 0.1) is 4.92 Å². The van der Waals surface area contributed by atoms with Crippen LogP contribution < -0.4 is 11.3 Å². The lowest BCUT2D eigenvalue weighted by Crippen LogP contribution is -2.33. The Bertz CT molecular complexity index is 473. The van der Waals surface area contributed by atoms with E-state index in [1.807, 2.05) is 13.8 Å². The Kier molecular flexibility index (Phi) is 4.22.